The summed E-state index contributed by atoms with van der Waals surface area (Å²) in [4.78, 5) is 42.2. The van der Waals surface area contributed by atoms with Crippen LogP contribution in [0.1, 0.15) is 58.9 Å². The normalized spacial score (nSPS) is 20.5. The minimum Gasteiger partial charge on any atom is -0.465 e. The van der Waals surface area contributed by atoms with Crippen molar-refractivity contribution in [1.29, 1.82) is 0 Å². The quantitative estimate of drug-likeness (QED) is 0.386. The van der Waals surface area contributed by atoms with Crippen LogP contribution < -0.4 is 9.50 Å². The molecule has 2 atom stereocenters. The number of nitrogens with one attached hydrogen (secondary N) is 1. The molecule has 0 saturated carbocycles. The monoisotopic (exact) mass is 552 g/mol. The third kappa shape index (κ3) is 6.11. The van der Waals surface area contributed by atoms with E-state index in [9.17, 15) is 22.8 Å². The first-order valence-corrected chi connectivity index (χ1v) is 14.1. The zero-order valence-corrected chi connectivity index (χ0v) is 23.4. The number of ketones is 1. The number of nitrogens with zero attached hydrogens (tertiary/aromatic N) is 1. The van der Waals surface area contributed by atoms with Gasteiger partial charge >= 0.3 is 16.1 Å². The Balaban J connectivity index is 1.65. The molecular formula is C29H32N2O7S. The number of benzene rings is 2. The van der Waals surface area contributed by atoms with Crippen LogP contribution >= 0.6 is 0 Å². The van der Waals surface area contributed by atoms with Gasteiger partial charge in [0.1, 0.15) is 16.6 Å². The number of hydrogen-bond donors (Lipinski definition) is 1. The standard InChI is InChI=1S/C29H32N2O7S/c1-6-37-28(34)25-17(2)30-23-15-29(4,5)16-24(33)27(23)26(25)19-7-11-21(12-8-19)38-39(35,36)22-13-9-20(10-14-22)31-18(3)32/h7-14,25-26H,6,15-16H2,1-5H3,(H,31,32). The van der Waals surface area contributed by atoms with Crippen molar-refractivity contribution in [2.24, 2.45) is 16.3 Å². The second-order valence-electron chi connectivity index (χ2n) is 10.6. The third-order valence-corrected chi connectivity index (χ3v) is 8.01. The molecule has 1 N–H and O–H groups in total. The number of anilines is 1. The highest BCUT2D eigenvalue weighted by atomic mass is 32.2. The molecule has 206 valence electrons. The molecule has 0 spiro atoms. The first-order valence-electron chi connectivity index (χ1n) is 12.7. The van der Waals surface area contributed by atoms with Crippen molar-refractivity contribution < 1.29 is 31.7 Å². The SMILES string of the molecule is CCOC(=O)C1C(C)=NC2=C(C(=O)CC(C)(C)C2)C1c1ccc(OS(=O)(=O)c2ccc(NC(C)=O)cc2)cc1. The van der Waals surface area contributed by atoms with Gasteiger partial charge in [-0.25, -0.2) is 0 Å². The average Bonchev–Trinajstić information content (AvgIpc) is 2.82. The van der Waals surface area contributed by atoms with E-state index in [0.29, 0.717) is 41.1 Å². The Kier molecular flexibility index (Phi) is 7.79. The summed E-state index contributed by atoms with van der Waals surface area (Å²) in [5, 5.41) is 2.58. The first kappa shape index (κ1) is 28.2. The maximum Gasteiger partial charge on any atom is 0.339 e. The van der Waals surface area contributed by atoms with Gasteiger partial charge in [0.15, 0.2) is 5.78 Å². The number of aliphatic imine (C=N–C) groups is 1. The van der Waals surface area contributed by atoms with Gasteiger partial charge < -0.3 is 14.2 Å². The number of carbonyl (C=O) groups is 3. The van der Waals surface area contributed by atoms with Crippen molar-refractivity contribution in [2.75, 3.05) is 11.9 Å². The number of ether oxygens (including phenoxy) is 1. The lowest BCUT2D eigenvalue weighted by atomic mass is 9.67. The molecule has 2 aliphatic rings. The Morgan fingerprint density at radius 1 is 1.05 bits per heavy atom. The van der Waals surface area contributed by atoms with Crippen LogP contribution in [0.4, 0.5) is 5.69 Å². The summed E-state index contributed by atoms with van der Waals surface area (Å²) in [6.07, 6.45) is 0.949. The summed E-state index contributed by atoms with van der Waals surface area (Å²) >= 11 is 0. The summed E-state index contributed by atoms with van der Waals surface area (Å²) in [5.74, 6) is -2.09. The molecule has 1 heterocycles. The van der Waals surface area contributed by atoms with Crippen LogP contribution in [0.5, 0.6) is 5.75 Å². The fraction of sp³-hybridized carbons (Fsp3) is 0.379. The number of rotatable bonds is 7. The fourth-order valence-corrected chi connectivity index (χ4v) is 6.09. The topological polar surface area (TPSA) is 128 Å². The molecular weight excluding hydrogens is 520 g/mol. The van der Waals surface area contributed by atoms with Gasteiger partial charge in [0.2, 0.25) is 5.91 Å². The van der Waals surface area contributed by atoms with Crippen molar-refractivity contribution in [1.82, 2.24) is 0 Å². The van der Waals surface area contributed by atoms with Crippen molar-refractivity contribution in [3.63, 3.8) is 0 Å². The van der Waals surface area contributed by atoms with Crippen molar-refractivity contribution in [3.05, 3.63) is 65.4 Å². The highest BCUT2D eigenvalue weighted by Gasteiger charge is 2.46. The van der Waals surface area contributed by atoms with Crippen LogP contribution in [0.2, 0.25) is 0 Å². The van der Waals surface area contributed by atoms with Crippen LogP contribution in [0.15, 0.2) is 69.7 Å². The Labute approximate surface area is 228 Å². The van der Waals surface area contributed by atoms with Gasteiger partial charge in [0.25, 0.3) is 0 Å². The molecule has 0 aromatic heterocycles. The van der Waals surface area contributed by atoms with Crippen LogP contribution in [-0.2, 0) is 29.2 Å². The Morgan fingerprint density at radius 3 is 2.28 bits per heavy atom. The van der Waals surface area contributed by atoms with E-state index in [2.05, 4.69) is 10.3 Å². The van der Waals surface area contributed by atoms with E-state index in [1.165, 1.54) is 43.3 Å². The first-order chi connectivity index (χ1) is 18.3. The molecule has 1 aliphatic heterocycles. The number of amides is 1. The number of Topliss-reactive ketones (excluding diaryl/α,β-unsaturated/α-hetero) is 1. The van der Waals surface area contributed by atoms with E-state index < -0.39 is 27.9 Å². The Bertz CT molecular complexity index is 1470. The van der Waals surface area contributed by atoms with Gasteiger partial charge in [-0.1, -0.05) is 26.0 Å². The van der Waals surface area contributed by atoms with Crippen LogP contribution in [0.25, 0.3) is 0 Å². The molecule has 0 radical (unpaired) electrons. The summed E-state index contributed by atoms with van der Waals surface area (Å²) in [6.45, 7) is 9.08. The number of allylic oxidation sites excluding steroid dienone is 2. The highest BCUT2D eigenvalue weighted by Crippen LogP contribution is 2.48. The molecule has 1 amide bonds. The fourth-order valence-electron chi connectivity index (χ4n) is 5.16. The molecule has 0 saturated heterocycles. The van der Waals surface area contributed by atoms with Crippen molar-refractivity contribution in [3.8, 4) is 5.75 Å². The smallest absolute Gasteiger partial charge is 0.339 e. The zero-order valence-electron chi connectivity index (χ0n) is 22.6. The van der Waals surface area contributed by atoms with E-state index >= 15 is 0 Å². The summed E-state index contributed by atoms with van der Waals surface area (Å²) in [6, 6.07) is 11.9. The minimum atomic E-state index is -4.15. The largest absolute Gasteiger partial charge is 0.465 e. The van der Waals surface area contributed by atoms with Gasteiger partial charge in [-0.3, -0.25) is 19.4 Å². The average molecular weight is 553 g/mol. The van der Waals surface area contributed by atoms with Gasteiger partial charge in [0.05, 0.1) is 6.61 Å². The maximum atomic E-state index is 13.3. The van der Waals surface area contributed by atoms with Crippen molar-refractivity contribution in [2.45, 2.75) is 58.3 Å². The lowest BCUT2D eigenvalue weighted by Crippen LogP contribution is -2.39. The van der Waals surface area contributed by atoms with Gasteiger partial charge in [-0.05, 0) is 67.6 Å². The predicted octanol–water partition coefficient (Wildman–Crippen LogP) is 4.79. The number of hydrogen-bond acceptors (Lipinski definition) is 8. The van der Waals surface area contributed by atoms with Crippen molar-refractivity contribution >= 4 is 39.2 Å². The highest BCUT2D eigenvalue weighted by molar-refractivity contribution is 7.87. The van der Waals surface area contributed by atoms with Gasteiger partial charge in [0, 0.05) is 41.9 Å². The molecule has 0 bridgehead atoms. The summed E-state index contributed by atoms with van der Waals surface area (Å²) in [5.41, 5.74) is 2.65. The summed E-state index contributed by atoms with van der Waals surface area (Å²) < 4.78 is 36.3. The number of esters is 1. The maximum absolute atomic E-state index is 13.3. The molecule has 9 nitrogen and oxygen atoms in total. The molecule has 4 rings (SSSR count). The van der Waals surface area contributed by atoms with Crippen LogP contribution in [0.3, 0.4) is 0 Å². The molecule has 2 unspecified atom stereocenters. The molecule has 1 aliphatic carbocycles. The van der Waals surface area contributed by atoms with E-state index in [-0.39, 0.29) is 34.4 Å². The van der Waals surface area contributed by atoms with E-state index in [1.54, 1.807) is 26.0 Å². The second kappa shape index (κ2) is 10.8. The Hall–Kier alpha value is -3.79. The second-order valence-corrected chi connectivity index (χ2v) is 12.1. The summed E-state index contributed by atoms with van der Waals surface area (Å²) in [7, 11) is -4.15. The van der Waals surface area contributed by atoms with Gasteiger partial charge in [-0.2, -0.15) is 8.42 Å². The molecule has 39 heavy (non-hydrogen) atoms. The minimum absolute atomic E-state index is 0.0533. The number of carbonyl (C=O) groups excluding carboxylic acids is 3. The molecule has 10 heteroatoms. The van der Waals surface area contributed by atoms with E-state index in [4.69, 9.17) is 8.92 Å². The third-order valence-electron chi connectivity index (χ3n) is 6.75. The lowest BCUT2D eigenvalue weighted by Gasteiger charge is -2.39. The molecule has 2 aromatic rings. The van der Waals surface area contributed by atoms with Crippen LogP contribution in [-0.4, -0.2) is 38.4 Å². The molecule has 0 fully saturated rings. The predicted molar refractivity (Wildman–Crippen MR) is 146 cm³/mol. The van der Waals surface area contributed by atoms with E-state index in [0.717, 1.165) is 0 Å². The van der Waals surface area contributed by atoms with Crippen LogP contribution in [0, 0.1) is 11.3 Å². The Morgan fingerprint density at radius 2 is 1.69 bits per heavy atom. The molecule has 2 aromatic carbocycles. The zero-order chi connectivity index (χ0) is 28.5. The van der Waals surface area contributed by atoms with E-state index in [1.807, 2.05) is 13.8 Å². The van der Waals surface area contributed by atoms with Gasteiger partial charge in [-0.15, -0.1) is 0 Å². The lowest BCUT2D eigenvalue weighted by molar-refractivity contribution is -0.146.